The Bertz CT molecular complexity index is 504. The van der Waals surface area contributed by atoms with Crippen LogP contribution in [0.3, 0.4) is 0 Å². The summed E-state index contributed by atoms with van der Waals surface area (Å²) >= 11 is 1.30. The molecule has 0 unspecified atom stereocenters. The number of hydrogen-bond donors (Lipinski definition) is 2. The minimum Gasteiger partial charge on any atom is -0.310 e. The Morgan fingerprint density at radius 1 is 1.42 bits per heavy atom. The van der Waals surface area contributed by atoms with Gasteiger partial charge in [0.2, 0.25) is 10.0 Å². The van der Waals surface area contributed by atoms with E-state index in [0.717, 1.165) is 18.5 Å². The highest BCUT2D eigenvalue weighted by Gasteiger charge is 2.21. The standard InChI is InChI=1S/C13H22N2O2S2/c1-10(2)5-6-15-19(16,17)13-7-11(9-18-13)8-14-12-3-4-12/h7,9-10,12,14-15H,3-6,8H2,1-2H3. The SMILES string of the molecule is CC(C)CCNS(=O)(=O)c1cc(CNC2CC2)cs1. The van der Waals surface area contributed by atoms with Crippen LogP contribution in [0.5, 0.6) is 0 Å². The first kappa shape index (κ1) is 15.0. The van der Waals surface area contributed by atoms with Crippen molar-refractivity contribution >= 4 is 21.4 Å². The average Bonchev–Trinajstić information content (AvgIpc) is 3.02. The first-order valence-electron chi connectivity index (χ1n) is 6.78. The Morgan fingerprint density at radius 2 is 2.16 bits per heavy atom. The van der Waals surface area contributed by atoms with Crippen LogP contribution in [0.25, 0.3) is 0 Å². The van der Waals surface area contributed by atoms with Gasteiger partial charge in [0.15, 0.2) is 0 Å². The summed E-state index contributed by atoms with van der Waals surface area (Å²) in [6, 6.07) is 2.42. The van der Waals surface area contributed by atoms with Gasteiger partial charge in [-0.3, -0.25) is 0 Å². The molecule has 0 aliphatic heterocycles. The van der Waals surface area contributed by atoms with Crippen LogP contribution in [0, 0.1) is 5.92 Å². The molecule has 2 rings (SSSR count). The number of thiophene rings is 1. The first-order chi connectivity index (χ1) is 8.97. The fraction of sp³-hybridized carbons (Fsp3) is 0.692. The number of nitrogens with one attached hydrogen (secondary N) is 2. The van der Waals surface area contributed by atoms with E-state index in [1.165, 1.54) is 24.2 Å². The van der Waals surface area contributed by atoms with Crippen LogP contribution in [-0.2, 0) is 16.6 Å². The van der Waals surface area contributed by atoms with E-state index < -0.39 is 10.0 Å². The van der Waals surface area contributed by atoms with Gasteiger partial charge in [-0.05, 0) is 42.2 Å². The van der Waals surface area contributed by atoms with Gasteiger partial charge in [0.25, 0.3) is 0 Å². The van der Waals surface area contributed by atoms with Crippen molar-refractivity contribution < 1.29 is 8.42 Å². The molecule has 1 heterocycles. The van der Waals surface area contributed by atoms with Gasteiger partial charge in [-0.25, -0.2) is 13.1 Å². The molecule has 1 aromatic rings. The van der Waals surface area contributed by atoms with Crippen molar-refractivity contribution in [2.75, 3.05) is 6.54 Å². The van der Waals surface area contributed by atoms with Gasteiger partial charge in [0.1, 0.15) is 4.21 Å². The third-order valence-electron chi connectivity index (χ3n) is 3.08. The lowest BCUT2D eigenvalue weighted by Crippen LogP contribution is -2.24. The van der Waals surface area contributed by atoms with Gasteiger partial charge < -0.3 is 5.32 Å². The van der Waals surface area contributed by atoms with Crippen LogP contribution < -0.4 is 10.0 Å². The molecule has 0 aromatic carbocycles. The van der Waals surface area contributed by atoms with Crippen molar-refractivity contribution in [3.63, 3.8) is 0 Å². The summed E-state index contributed by atoms with van der Waals surface area (Å²) in [7, 11) is -3.32. The number of rotatable bonds is 8. The average molecular weight is 302 g/mol. The molecule has 4 nitrogen and oxygen atoms in total. The van der Waals surface area contributed by atoms with Gasteiger partial charge in [-0.15, -0.1) is 11.3 Å². The van der Waals surface area contributed by atoms with E-state index >= 15 is 0 Å². The van der Waals surface area contributed by atoms with E-state index in [4.69, 9.17) is 0 Å². The van der Waals surface area contributed by atoms with E-state index in [9.17, 15) is 8.42 Å². The molecule has 2 N–H and O–H groups in total. The molecule has 0 spiro atoms. The number of sulfonamides is 1. The molecule has 0 radical (unpaired) electrons. The third-order valence-corrected chi connectivity index (χ3v) is 6.03. The summed E-state index contributed by atoms with van der Waals surface area (Å²) in [5.41, 5.74) is 1.06. The van der Waals surface area contributed by atoms with Crippen molar-refractivity contribution in [3.8, 4) is 0 Å². The molecule has 1 fully saturated rings. The van der Waals surface area contributed by atoms with E-state index in [1.807, 2.05) is 5.38 Å². The van der Waals surface area contributed by atoms with Crippen LogP contribution in [0.1, 0.15) is 38.7 Å². The Labute approximate surface area is 119 Å². The predicted octanol–water partition coefficient (Wildman–Crippen LogP) is 2.32. The van der Waals surface area contributed by atoms with Crippen molar-refractivity contribution in [1.82, 2.24) is 10.0 Å². The molecule has 1 aliphatic rings. The first-order valence-corrected chi connectivity index (χ1v) is 9.14. The summed E-state index contributed by atoms with van der Waals surface area (Å²) in [6.07, 6.45) is 3.35. The van der Waals surface area contributed by atoms with Crippen LogP contribution in [0.4, 0.5) is 0 Å². The van der Waals surface area contributed by atoms with Crippen LogP contribution >= 0.6 is 11.3 Å². The zero-order valence-electron chi connectivity index (χ0n) is 11.5. The van der Waals surface area contributed by atoms with Crippen molar-refractivity contribution in [2.45, 2.75) is 49.9 Å². The van der Waals surface area contributed by atoms with Crippen LogP contribution in [-0.4, -0.2) is 21.0 Å². The van der Waals surface area contributed by atoms with E-state index in [-0.39, 0.29) is 0 Å². The lowest BCUT2D eigenvalue weighted by atomic mass is 10.1. The molecule has 108 valence electrons. The van der Waals surface area contributed by atoms with E-state index in [2.05, 4.69) is 23.9 Å². The van der Waals surface area contributed by atoms with Crippen LogP contribution in [0.15, 0.2) is 15.7 Å². The monoisotopic (exact) mass is 302 g/mol. The maximum Gasteiger partial charge on any atom is 0.250 e. The molecule has 0 atom stereocenters. The van der Waals surface area contributed by atoms with Gasteiger partial charge in [0, 0.05) is 19.1 Å². The molecule has 1 aliphatic carbocycles. The van der Waals surface area contributed by atoms with Gasteiger partial charge >= 0.3 is 0 Å². The Kier molecular flexibility index (Phi) is 5.00. The largest absolute Gasteiger partial charge is 0.310 e. The molecule has 1 aromatic heterocycles. The second-order valence-electron chi connectivity index (χ2n) is 5.51. The summed E-state index contributed by atoms with van der Waals surface area (Å²) in [5.74, 6) is 0.504. The highest BCUT2D eigenvalue weighted by Crippen LogP contribution is 2.23. The molecule has 0 amide bonds. The fourth-order valence-electron chi connectivity index (χ4n) is 1.69. The van der Waals surface area contributed by atoms with Gasteiger partial charge in [-0.1, -0.05) is 13.8 Å². The van der Waals surface area contributed by atoms with Crippen molar-refractivity contribution in [1.29, 1.82) is 0 Å². The topological polar surface area (TPSA) is 58.2 Å². The van der Waals surface area contributed by atoms with Crippen molar-refractivity contribution in [3.05, 3.63) is 17.0 Å². The molecule has 6 heteroatoms. The zero-order chi connectivity index (χ0) is 13.9. The smallest absolute Gasteiger partial charge is 0.250 e. The van der Waals surface area contributed by atoms with E-state index in [0.29, 0.717) is 22.7 Å². The molecule has 0 bridgehead atoms. The van der Waals surface area contributed by atoms with Gasteiger partial charge in [0.05, 0.1) is 0 Å². The summed E-state index contributed by atoms with van der Waals surface area (Å²) < 4.78 is 27.2. The Morgan fingerprint density at radius 3 is 2.79 bits per heavy atom. The summed E-state index contributed by atoms with van der Waals surface area (Å²) in [5, 5.41) is 5.31. The lowest BCUT2D eigenvalue weighted by molar-refractivity contribution is 0.553. The third kappa shape index (κ3) is 4.87. The minimum absolute atomic E-state index is 0.420. The van der Waals surface area contributed by atoms with Crippen LogP contribution in [0.2, 0.25) is 0 Å². The Hall–Kier alpha value is -0.430. The summed E-state index contributed by atoms with van der Waals surface area (Å²) in [6.45, 7) is 5.44. The second-order valence-corrected chi connectivity index (χ2v) is 8.41. The highest BCUT2D eigenvalue weighted by atomic mass is 32.2. The summed E-state index contributed by atoms with van der Waals surface area (Å²) in [4.78, 5) is 0. The maximum absolute atomic E-state index is 12.1. The number of hydrogen-bond acceptors (Lipinski definition) is 4. The zero-order valence-corrected chi connectivity index (χ0v) is 13.1. The minimum atomic E-state index is -3.32. The Balaban J connectivity index is 1.87. The maximum atomic E-state index is 12.1. The lowest BCUT2D eigenvalue weighted by Gasteiger charge is -2.06. The molecular formula is C13H22N2O2S2. The van der Waals surface area contributed by atoms with Gasteiger partial charge in [-0.2, -0.15) is 0 Å². The normalized spacial score (nSPS) is 16.2. The molecule has 0 saturated heterocycles. The van der Waals surface area contributed by atoms with E-state index in [1.54, 1.807) is 6.07 Å². The highest BCUT2D eigenvalue weighted by molar-refractivity contribution is 7.91. The molecule has 1 saturated carbocycles. The fourth-order valence-corrected chi connectivity index (χ4v) is 3.99. The predicted molar refractivity (Wildman–Crippen MR) is 78.8 cm³/mol. The quantitative estimate of drug-likeness (QED) is 0.775. The van der Waals surface area contributed by atoms with Crippen molar-refractivity contribution in [2.24, 2.45) is 5.92 Å². The molecule has 19 heavy (non-hydrogen) atoms. The second kappa shape index (κ2) is 6.35. The molecular weight excluding hydrogens is 280 g/mol.